The summed E-state index contributed by atoms with van der Waals surface area (Å²) in [4.78, 5) is 30.4. The van der Waals surface area contributed by atoms with Crippen LogP contribution in [0, 0.1) is 12.3 Å². The van der Waals surface area contributed by atoms with Gasteiger partial charge >= 0.3 is 0 Å². The molecule has 1 amide bonds. The lowest BCUT2D eigenvalue weighted by atomic mass is 9.73. The molecular weight excluding hydrogens is 440 g/mol. The van der Waals surface area contributed by atoms with Crippen molar-refractivity contribution >= 4 is 29.0 Å². The van der Waals surface area contributed by atoms with Crippen LogP contribution in [0.3, 0.4) is 0 Å². The number of hydrogen-bond acceptors (Lipinski definition) is 8. The van der Waals surface area contributed by atoms with Gasteiger partial charge in [0.1, 0.15) is 11.6 Å². The van der Waals surface area contributed by atoms with Gasteiger partial charge in [-0.2, -0.15) is 0 Å². The van der Waals surface area contributed by atoms with Crippen molar-refractivity contribution in [2.45, 2.75) is 38.6 Å². The normalized spacial score (nSPS) is 20.2. The van der Waals surface area contributed by atoms with Crippen molar-refractivity contribution in [3.8, 4) is 0 Å². The minimum Gasteiger partial charge on any atom is -0.384 e. The predicted octanol–water partition coefficient (Wildman–Crippen LogP) is 2.39. The van der Waals surface area contributed by atoms with Gasteiger partial charge in [0.05, 0.1) is 17.6 Å². The minimum atomic E-state index is -0.269. The Labute approximate surface area is 204 Å². The molecule has 3 aliphatic rings. The fourth-order valence-corrected chi connectivity index (χ4v) is 5.98. The molecule has 0 radical (unpaired) electrons. The van der Waals surface area contributed by atoms with Crippen LogP contribution in [0.4, 0.5) is 23.1 Å². The van der Waals surface area contributed by atoms with E-state index in [1.807, 2.05) is 6.07 Å². The Bertz CT molecular complexity index is 1330. The third-order valence-corrected chi connectivity index (χ3v) is 7.99. The van der Waals surface area contributed by atoms with Crippen molar-refractivity contribution in [1.29, 1.82) is 0 Å². The van der Waals surface area contributed by atoms with Crippen molar-refractivity contribution in [2.24, 2.45) is 11.1 Å². The fourth-order valence-electron chi connectivity index (χ4n) is 5.98. The van der Waals surface area contributed by atoms with Crippen molar-refractivity contribution in [2.75, 3.05) is 40.9 Å². The number of anilines is 4. The molecule has 3 aromatic rings. The number of piperidine rings is 1. The van der Waals surface area contributed by atoms with Gasteiger partial charge in [0.2, 0.25) is 0 Å². The summed E-state index contributed by atoms with van der Waals surface area (Å²) in [5.41, 5.74) is 24.5. The number of aromatic nitrogens is 3. The van der Waals surface area contributed by atoms with Gasteiger partial charge in [-0.15, -0.1) is 0 Å². The molecule has 1 spiro atoms. The first-order valence-corrected chi connectivity index (χ1v) is 12.1. The molecule has 35 heavy (non-hydrogen) atoms. The lowest BCUT2D eigenvalue weighted by Gasteiger charge is -2.42. The summed E-state index contributed by atoms with van der Waals surface area (Å²) in [5, 5.41) is 0. The monoisotopic (exact) mass is 470 g/mol. The summed E-state index contributed by atoms with van der Waals surface area (Å²) >= 11 is 0. The largest absolute Gasteiger partial charge is 0.384 e. The zero-order valence-corrected chi connectivity index (χ0v) is 19.9. The van der Waals surface area contributed by atoms with E-state index in [4.69, 9.17) is 17.2 Å². The summed E-state index contributed by atoms with van der Waals surface area (Å²) in [6.45, 7) is 4.29. The molecule has 180 valence electrons. The molecule has 0 bridgehead atoms. The summed E-state index contributed by atoms with van der Waals surface area (Å²) in [5.74, 6) is 1.02. The second kappa shape index (κ2) is 7.91. The standard InChI is InChI=1S/C26H30N8O/c1-15-2-3-16-13-26(23(28)17(16)12-15)7-10-33(11-8-26)21-14-30-22(24(29)32-21)25(35)34-9-6-18-19(34)4-5-20(27)31-18/h2-5,12,14,23H,6-11,13,28H2,1H3,(H2,27,31)(H2,29,32)/t23-/m1/s1. The molecule has 2 aliphatic heterocycles. The molecule has 9 nitrogen and oxygen atoms in total. The Balaban J connectivity index is 1.17. The molecular formula is C26H30N8O. The highest BCUT2D eigenvalue weighted by Gasteiger charge is 2.46. The first kappa shape index (κ1) is 21.8. The number of amides is 1. The van der Waals surface area contributed by atoms with Crippen LogP contribution >= 0.6 is 0 Å². The second-order valence-electron chi connectivity index (χ2n) is 10.1. The van der Waals surface area contributed by atoms with E-state index in [1.165, 1.54) is 16.7 Å². The molecule has 6 N–H and O–H groups in total. The van der Waals surface area contributed by atoms with Crippen molar-refractivity contribution < 1.29 is 4.79 Å². The molecule has 6 rings (SSSR count). The lowest BCUT2D eigenvalue weighted by Crippen LogP contribution is -2.44. The van der Waals surface area contributed by atoms with E-state index < -0.39 is 0 Å². The van der Waals surface area contributed by atoms with Crippen LogP contribution < -0.4 is 27.0 Å². The number of aryl methyl sites for hydroxylation is 1. The van der Waals surface area contributed by atoms with E-state index >= 15 is 0 Å². The molecule has 1 aliphatic carbocycles. The summed E-state index contributed by atoms with van der Waals surface area (Å²) in [6.07, 6.45) is 5.29. The molecule has 9 heteroatoms. The number of carbonyl (C=O) groups is 1. The van der Waals surface area contributed by atoms with Crippen LogP contribution in [0.25, 0.3) is 0 Å². The van der Waals surface area contributed by atoms with Gasteiger partial charge in [0, 0.05) is 32.1 Å². The molecule has 0 saturated carbocycles. The number of benzene rings is 1. The fraction of sp³-hybridized carbons (Fsp3) is 0.385. The van der Waals surface area contributed by atoms with Gasteiger partial charge in [-0.25, -0.2) is 15.0 Å². The SMILES string of the molecule is Cc1ccc2c(c1)[C@@H](N)C1(CCN(c3cnc(C(=O)N4CCc5nc(N)ccc54)c(N)n3)CC1)C2. The van der Waals surface area contributed by atoms with E-state index in [2.05, 4.69) is 45.0 Å². The lowest BCUT2D eigenvalue weighted by molar-refractivity contribution is 0.0985. The Morgan fingerprint density at radius 3 is 2.66 bits per heavy atom. The van der Waals surface area contributed by atoms with Crippen molar-refractivity contribution in [3.63, 3.8) is 0 Å². The average molecular weight is 471 g/mol. The third kappa shape index (κ3) is 3.49. The highest BCUT2D eigenvalue weighted by Crippen LogP contribution is 2.51. The highest BCUT2D eigenvalue weighted by atomic mass is 16.2. The summed E-state index contributed by atoms with van der Waals surface area (Å²) in [7, 11) is 0. The number of carbonyl (C=O) groups excluding carboxylic acids is 1. The second-order valence-corrected chi connectivity index (χ2v) is 10.1. The maximum Gasteiger partial charge on any atom is 0.280 e. The Morgan fingerprint density at radius 1 is 1.09 bits per heavy atom. The van der Waals surface area contributed by atoms with Gasteiger partial charge in [0.25, 0.3) is 5.91 Å². The molecule has 1 aromatic carbocycles. The number of rotatable bonds is 2. The van der Waals surface area contributed by atoms with E-state index in [0.29, 0.717) is 24.6 Å². The zero-order chi connectivity index (χ0) is 24.3. The van der Waals surface area contributed by atoms with E-state index in [1.54, 1.807) is 17.2 Å². The Morgan fingerprint density at radius 2 is 1.89 bits per heavy atom. The number of nitrogens with two attached hydrogens (primary N) is 3. The van der Waals surface area contributed by atoms with Gasteiger partial charge in [0.15, 0.2) is 11.5 Å². The maximum atomic E-state index is 13.2. The first-order valence-electron chi connectivity index (χ1n) is 12.1. The Hall–Kier alpha value is -3.72. The van der Waals surface area contributed by atoms with Gasteiger partial charge in [-0.1, -0.05) is 23.8 Å². The molecule has 4 heterocycles. The van der Waals surface area contributed by atoms with Gasteiger partial charge in [-0.3, -0.25) is 4.79 Å². The molecule has 2 aromatic heterocycles. The van der Waals surface area contributed by atoms with Crippen LogP contribution in [-0.4, -0.2) is 40.5 Å². The summed E-state index contributed by atoms with van der Waals surface area (Å²) < 4.78 is 0. The quantitative estimate of drug-likeness (QED) is 0.519. The van der Waals surface area contributed by atoms with Crippen LogP contribution in [0.2, 0.25) is 0 Å². The number of nitrogen functional groups attached to an aromatic ring is 2. The van der Waals surface area contributed by atoms with Crippen LogP contribution in [0.1, 0.15) is 51.8 Å². The van der Waals surface area contributed by atoms with Crippen molar-refractivity contribution in [3.05, 3.63) is 64.6 Å². The summed E-state index contributed by atoms with van der Waals surface area (Å²) in [6, 6.07) is 10.2. The minimum absolute atomic E-state index is 0.0591. The average Bonchev–Trinajstić information content (AvgIpc) is 3.38. The van der Waals surface area contributed by atoms with Crippen LogP contribution in [0.5, 0.6) is 0 Å². The third-order valence-electron chi connectivity index (χ3n) is 7.99. The smallest absolute Gasteiger partial charge is 0.280 e. The van der Waals surface area contributed by atoms with E-state index in [0.717, 1.165) is 43.7 Å². The number of pyridine rings is 1. The van der Waals surface area contributed by atoms with Crippen LogP contribution in [-0.2, 0) is 12.8 Å². The van der Waals surface area contributed by atoms with Crippen LogP contribution in [0.15, 0.2) is 36.5 Å². The molecule has 1 fully saturated rings. The topological polar surface area (TPSA) is 140 Å². The molecule has 1 saturated heterocycles. The number of hydrogen-bond donors (Lipinski definition) is 3. The maximum absolute atomic E-state index is 13.2. The van der Waals surface area contributed by atoms with E-state index in [-0.39, 0.29) is 28.9 Å². The zero-order valence-electron chi connectivity index (χ0n) is 19.9. The van der Waals surface area contributed by atoms with E-state index in [9.17, 15) is 4.79 Å². The number of nitrogens with zero attached hydrogens (tertiary/aromatic N) is 5. The van der Waals surface area contributed by atoms with Crippen molar-refractivity contribution in [1.82, 2.24) is 15.0 Å². The highest BCUT2D eigenvalue weighted by molar-refractivity contribution is 6.08. The molecule has 1 atom stereocenters. The number of fused-ring (bicyclic) bond motifs is 2. The Kier molecular flexibility index (Phi) is 4.93. The first-order chi connectivity index (χ1) is 16.8. The van der Waals surface area contributed by atoms with Gasteiger partial charge in [-0.05, 0) is 54.9 Å². The predicted molar refractivity (Wildman–Crippen MR) is 136 cm³/mol. The van der Waals surface area contributed by atoms with Gasteiger partial charge < -0.3 is 27.0 Å². The molecule has 0 unspecified atom stereocenters.